The Bertz CT molecular complexity index is 718. The molecule has 0 bridgehead atoms. The maximum absolute atomic E-state index is 12.7. The van der Waals surface area contributed by atoms with Crippen molar-refractivity contribution in [2.75, 3.05) is 38.4 Å². The topological polar surface area (TPSA) is 139 Å². The molecule has 0 saturated carbocycles. The minimum Gasteiger partial charge on any atom is -0.349 e. The summed E-state index contributed by atoms with van der Waals surface area (Å²) in [4.78, 5) is 0. The second kappa shape index (κ2) is 13.0. The molecule has 0 radical (unpaired) electrons. The van der Waals surface area contributed by atoms with Crippen LogP contribution < -0.4 is 0 Å². The Hall–Kier alpha value is 0.200. The summed E-state index contributed by atoms with van der Waals surface area (Å²) in [6, 6.07) is 0. The standard InChI is InChI=1S/C16H36O10P2S2/c1-7-15(3,25-13-29(19,20)23-5)27(17)11-9-10-12-28(18)16(4,8-2)26-14-30(21,22)24-6/h27-28H,7-14H2,1-6H3. The van der Waals surface area contributed by atoms with Gasteiger partial charge < -0.3 is 18.6 Å². The summed E-state index contributed by atoms with van der Waals surface area (Å²) in [5, 5.41) is -2.14. The zero-order valence-electron chi connectivity index (χ0n) is 18.6. The normalized spacial score (nSPS) is 19.0. The van der Waals surface area contributed by atoms with Crippen LogP contribution in [0.15, 0.2) is 0 Å². The molecule has 0 aliphatic rings. The molecule has 0 aliphatic heterocycles. The molecule has 14 heteroatoms. The molecule has 4 atom stereocenters. The van der Waals surface area contributed by atoms with Gasteiger partial charge in [0.1, 0.15) is 26.3 Å². The number of hydrogen-bond donors (Lipinski definition) is 0. The van der Waals surface area contributed by atoms with Crippen LogP contribution in [-0.4, -0.2) is 65.9 Å². The van der Waals surface area contributed by atoms with Crippen LogP contribution in [0.1, 0.15) is 53.4 Å². The molecule has 0 aliphatic carbocycles. The van der Waals surface area contributed by atoms with Crippen molar-refractivity contribution in [1.82, 2.24) is 0 Å². The van der Waals surface area contributed by atoms with Crippen molar-refractivity contribution in [2.45, 2.75) is 64.1 Å². The van der Waals surface area contributed by atoms with Gasteiger partial charge in [0.15, 0.2) is 11.9 Å². The highest BCUT2D eigenvalue weighted by molar-refractivity contribution is 7.86. The highest BCUT2D eigenvalue weighted by Gasteiger charge is 2.33. The predicted molar refractivity (Wildman–Crippen MR) is 118 cm³/mol. The van der Waals surface area contributed by atoms with E-state index in [0.29, 0.717) is 38.0 Å². The molecular weight excluding hydrogens is 478 g/mol. The van der Waals surface area contributed by atoms with Crippen molar-refractivity contribution in [3.8, 4) is 0 Å². The Morgan fingerprint density at radius 3 is 1.23 bits per heavy atom. The lowest BCUT2D eigenvalue weighted by molar-refractivity contribution is 0.0555. The molecule has 30 heavy (non-hydrogen) atoms. The second-order valence-electron chi connectivity index (χ2n) is 7.20. The van der Waals surface area contributed by atoms with Gasteiger partial charge in [-0.25, -0.2) is 0 Å². The fraction of sp³-hybridized carbons (Fsp3) is 1.00. The van der Waals surface area contributed by atoms with Gasteiger partial charge in [0.05, 0.1) is 14.2 Å². The van der Waals surface area contributed by atoms with Crippen LogP contribution in [0, 0.1) is 0 Å². The van der Waals surface area contributed by atoms with Crippen LogP contribution in [0.2, 0.25) is 0 Å². The molecule has 0 aromatic heterocycles. The lowest BCUT2D eigenvalue weighted by Gasteiger charge is -2.29. The van der Waals surface area contributed by atoms with Gasteiger partial charge in [-0.1, -0.05) is 13.8 Å². The van der Waals surface area contributed by atoms with E-state index >= 15 is 0 Å². The van der Waals surface area contributed by atoms with Crippen LogP contribution >= 0.6 is 15.6 Å². The zero-order valence-corrected chi connectivity index (χ0v) is 22.2. The smallest absolute Gasteiger partial charge is 0.291 e. The van der Waals surface area contributed by atoms with Crippen LogP contribution in [0.25, 0.3) is 0 Å². The van der Waals surface area contributed by atoms with Crippen molar-refractivity contribution < 1.29 is 43.8 Å². The van der Waals surface area contributed by atoms with Crippen molar-refractivity contribution in [3.05, 3.63) is 0 Å². The average molecular weight is 515 g/mol. The monoisotopic (exact) mass is 514 g/mol. The molecule has 0 saturated heterocycles. The fourth-order valence-electron chi connectivity index (χ4n) is 2.36. The van der Waals surface area contributed by atoms with E-state index in [0.717, 1.165) is 14.2 Å². The fourth-order valence-corrected chi connectivity index (χ4v) is 7.03. The van der Waals surface area contributed by atoms with E-state index in [9.17, 15) is 26.0 Å². The zero-order chi connectivity index (χ0) is 23.6. The molecule has 4 unspecified atom stereocenters. The van der Waals surface area contributed by atoms with Crippen molar-refractivity contribution in [3.63, 3.8) is 0 Å². The van der Waals surface area contributed by atoms with Gasteiger partial charge in [0, 0.05) is 12.3 Å². The van der Waals surface area contributed by atoms with Gasteiger partial charge in [-0.15, -0.1) is 0 Å². The summed E-state index contributed by atoms with van der Waals surface area (Å²) in [5.74, 6) is -1.34. The summed E-state index contributed by atoms with van der Waals surface area (Å²) in [6.07, 6.45) is 2.41. The van der Waals surface area contributed by atoms with Crippen molar-refractivity contribution in [1.29, 1.82) is 0 Å². The second-order valence-corrected chi connectivity index (χ2v) is 15.4. The molecule has 0 rings (SSSR count). The average Bonchev–Trinajstić information content (AvgIpc) is 2.72. The summed E-state index contributed by atoms with van der Waals surface area (Å²) in [5.41, 5.74) is 0. The van der Waals surface area contributed by atoms with Gasteiger partial charge in [-0.05, 0) is 39.5 Å². The molecule has 0 spiro atoms. The first-order valence-electron chi connectivity index (χ1n) is 9.62. The van der Waals surface area contributed by atoms with Crippen LogP contribution in [0.5, 0.6) is 0 Å². The maximum atomic E-state index is 12.7. The lowest BCUT2D eigenvalue weighted by atomic mass is 10.3. The number of rotatable bonds is 17. The van der Waals surface area contributed by atoms with Gasteiger partial charge in [0.25, 0.3) is 20.2 Å². The third-order valence-corrected chi connectivity index (χ3v) is 11.9. The molecule has 0 heterocycles. The van der Waals surface area contributed by atoms with E-state index in [1.807, 2.05) is 0 Å². The lowest BCUT2D eigenvalue weighted by Crippen LogP contribution is -2.28. The Labute approximate surface area is 182 Å². The van der Waals surface area contributed by atoms with Gasteiger partial charge >= 0.3 is 0 Å². The highest BCUT2D eigenvalue weighted by atomic mass is 32.2. The Balaban J connectivity index is 4.69. The first-order valence-corrected chi connectivity index (χ1v) is 16.0. The number of ether oxygens (including phenoxy) is 2. The quantitative estimate of drug-likeness (QED) is 0.162. The summed E-state index contributed by atoms with van der Waals surface area (Å²) >= 11 is 0. The molecule has 0 N–H and O–H groups in total. The summed E-state index contributed by atoms with van der Waals surface area (Å²) < 4.78 is 90.7. The SMILES string of the molecule is CCC(C)(OCS(=O)(=O)OC)[PH](=O)CCCC[PH](=O)C(C)(CC)OCS(=O)(=O)OC. The maximum Gasteiger partial charge on any atom is 0.291 e. The van der Waals surface area contributed by atoms with Crippen LogP contribution in [0.4, 0.5) is 0 Å². The minimum absolute atomic E-state index is 0.318. The number of unbranched alkanes of at least 4 members (excludes halogenated alkanes) is 1. The largest absolute Gasteiger partial charge is 0.349 e. The van der Waals surface area contributed by atoms with Gasteiger partial charge in [-0.3, -0.25) is 8.37 Å². The van der Waals surface area contributed by atoms with Crippen molar-refractivity contribution in [2.24, 2.45) is 0 Å². The van der Waals surface area contributed by atoms with E-state index < -0.39 is 58.4 Å². The first kappa shape index (κ1) is 30.2. The third kappa shape index (κ3) is 10.2. The Kier molecular flexibility index (Phi) is 13.1. The molecule has 0 fully saturated rings. The van der Waals surface area contributed by atoms with E-state index in [4.69, 9.17) is 9.47 Å². The van der Waals surface area contributed by atoms with E-state index in [1.54, 1.807) is 27.7 Å². The third-order valence-electron chi connectivity index (χ3n) is 5.14. The van der Waals surface area contributed by atoms with Crippen LogP contribution in [-0.2, 0) is 47.2 Å². The molecule has 182 valence electrons. The molecule has 0 aromatic carbocycles. The van der Waals surface area contributed by atoms with Gasteiger partial charge in [-0.2, -0.15) is 16.8 Å². The Morgan fingerprint density at radius 1 is 0.700 bits per heavy atom. The summed E-state index contributed by atoms with van der Waals surface area (Å²) in [7, 11) is -10.1. The van der Waals surface area contributed by atoms with E-state index in [-0.39, 0.29) is 0 Å². The molecule has 10 nitrogen and oxygen atoms in total. The number of hydrogen-bond acceptors (Lipinski definition) is 10. The molecular formula is C16H36O10P2S2. The van der Waals surface area contributed by atoms with Gasteiger partial charge in [0.2, 0.25) is 0 Å². The Morgan fingerprint density at radius 2 is 1.00 bits per heavy atom. The van der Waals surface area contributed by atoms with Crippen molar-refractivity contribution >= 4 is 35.8 Å². The van der Waals surface area contributed by atoms with Crippen LogP contribution in [0.3, 0.4) is 0 Å². The molecule has 0 aromatic rings. The minimum atomic E-state index is -3.82. The van der Waals surface area contributed by atoms with E-state index in [2.05, 4.69) is 8.37 Å². The highest BCUT2D eigenvalue weighted by Crippen LogP contribution is 2.45. The predicted octanol–water partition coefficient (Wildman–Crippen LogP) is 3.04. The first-order chi connectivity index (χ1) is 13.7. The molecule has 0 amide bonds. The summed E-state index contributed by atoms with van der Waals surface area (Å²) in [6.45, 7) is 6.75. The van der Waals surface area contributed by atoms with E-state index in [1.165, 1.54) is 0 Å².